The van der Waals surface area contributed by atoms with Gasteiger partial charge in [0, 0.05) is 29.8 Å². The molecule has 3 amide bonds. The van der Waals surface area contributed by atoms with Gasteiger partial charge >= 0.3 is 0 Å². The maximum absolute atomic E-state index is 15.0. The van der Waals surface area contributed by atoms with Gasteiger partial charge in [-0.2, -0.15) is 0 Å². The second-order valence-corrected chi connectivity index (χ2v) is 10.8. The second-order valence-electron chi connectivity index (χ2n) is 9.74. The third-order valence-corrected chi connectivity index (χ3v) is 7.79. The highest BCUT2D eigenvalue weighted by Gasteiger charge is 2.25. The molecule has 0 radical (unpaired) electrons. The average Bonchev–Trinajstić information content (AvgIpc) is 3.85. The van der Waals surface area contributed by atoms with Crippen molar-refractivity contribution in [1.29, 1.82) is 0 Å². The van der Waals surface area contributed by atoms with Crippen molar-refractivity contribution >= 4 is 58.5 Å². The minimum atomic E-state index is -0.576. The summed E-state index contributed by atoms with van der Waals surface area (Å²) in [4.78, 5) is 57.2. The summed E-state index contributed by atoms with van der Waals surface area (Å²) >= 11 is 1.33. The van der Waals surface area contributed by atoms with Gasteiger partial charge in [0.2, 0.25) is 17.7 Å². The molecule has 9 nitrogen and oxygen atoms in total. The Morgan fingerprint density at radius 1 is 0.915 bits per heavy atom. The van der Waals surface area contributed by atoms with Gasteiger partial charge < -0.3 is 25.5 Å². The van der Waals surface area contributed by atoms with E-state index in [1.165, 1.54) is 17.4 Å². The lowest BCUT2D eigenvalue weighted by atomic mass is 10.0. The molecule has 0 aliphatic heterocycles. The highest BCUT2D eigenvalue weighted by molar-refractivity contribution is 7.18. The minimum Gasteiger partial charge on any atom is -0.352 e. The SMILES string of the molecule is C=O.C=O.CC.CC.CC(C(=O)NCC(=O)NC1CC1)c1nc2cc(F)c(-c3ccc(NC(=O)CCc4ccccc4)cc3)cc2s1. The Labute approximate surface area is 280 Å². The molecule has 5 rings (SSSR count). The van der Waals surface area contributed by atoms with Crippen molar-refractivity contribution in [1.82, 2.24) is 15.6 Å². The predicted molar refractivity (Wildman–Crippen MR) is 188 cm³/mol. The van der Waals surface area contributed by atoms with Crippen LogP contribution in [0, 0.1) is 5.82 Å². The molecule has 0 saturated heterocycles. The smallest absolute Gasteiger partial charge is 0.239 e. The molecule has 1 heterocycles. The standard InChI is InChI=1S/C30H29FN4O3S.2C2H6.2CH2O/c1-18(29(38)32-17-28(37)34-22-12-13-22)30-35-25-16-24(31)23(15-26(25)39-30)20-8-10-21(11-9-20)33-27(36)14-7-19-5-3-2-4-6-19;4*1-2/h2-6,8-11,15-16,18,22H,7,12-14,17H2,1H3,(H,32,38)(H,33,36)(H,34,37);2*1-2H3;2*1H2. The molecule has 0 bridgehead atoms. The zero-order valence-electron chi connectivity index (χ0n) is 27.7. The van der Waals surface area contributed by atoms with E-state index in [-0.39, 0.29) is 30.3 Å². The van der Waals surface area contributed by atoms with Crippen LogP contribution in [0.25, 0.3) is 21.3 Å². The average molecular weight is 665 g/mol. The number of rotatable bonds is 10. The van der Waals surface area contributed by atoms with Crippen LogP contribution in [0.5, 0.6) is 0 Å². The number of aryl methyl sites for hydroxylation is 1. The van der Waals surface area contributed by atoms with E-state index >= 15 is 4.39 Å². The molecule has 1 fully saturated rings. The first-order valence-corrected chi connectivity index (χ1v) is 16.4. The van der Waals surface area contributed by atoms with Crippen molar-refractivity contribution < 1.29 is 28.4 Å². The number of aromatic nitrogens is 1. The molecule has 11 heteroatoms. The minimum absolute atomic E-state index is 0.0766. The maximum atomic E-state index is 15.0. The van der Waals surface area contributed by atoms with E-state index < -0.39 is 11.7 Å². The van der Waals surface area contributed by atoms with Crippen LogP contribution in [0.2, 0.25) is 0 Å². The van der Waals surface area contributed by atoms with Crippen molar-refractivity contribution in [2.75, 3.05) is 11.9 Å². The van der Waals surface area contributed by atoms with Gasteiger partial charge in [0.05, 0.1) is 22.7 Å². The molecule has 1 aliphatic carbocycles. The number of carbonyl (C=O) groups excluding carboxylic acids is 5. The summed E-state index contributed by atoms with van der Waals surface area (Å²) in [7, 11) is 0. The van der Waals surface area contributed by atoms with E-state index in [2.05, 4.69) is 20.9 Å². The number of thiazole rings is 1. The van der Waals surface area contributed by atoms with E-state index in [0.29, 0.717) is 40.2 Å². The van der Waals surface area contributed by atoms with Gasteiger partial charge in [0.15, 0.2) is 0 Å². The van der Waals surface area contributed by atoms with Crippen molar-refractivity contribution in [2.24, 2.45) is 0 Å². The fraction of sp³-hybridized carbons (Fsp3) is 0.333. The molecule has 3 N–H and O–H groups in total. The Balaban J connectivity index is 0.00000128. The third kappa shape index (κ3) is 12.9. The van der Waals surface area contributed by atoms with Crippen LogP contribution in [0.15, 0.2) is 66.7 Å². The van der Waals surface area contributed by atoms with Crippen LogP contribution in [0.4, 0.5) is 10.1 Å². The molecule has 0 spiro atoms. The molecule has 252 valence electrons. The number of hydrogen-bond donors (Lipinski definition) is 3. The number of anilines is 1. The fourth-order valence-corrected chi connectivity index (χ4v) is 5.21. The Hall–Kier alpha value is -4.77. The van der Waals surface area contributed by atoms with E-state index in [1.807, 2.05) is 71.6 Å². The summed E-state index contributed by atoms with van der Waals surface area (Å²) in [6.45, 7) is 13.6. The van der Waals surface area contributed by atoms with Gasteiger partial charge in [-0.15, -0.1) is 11.3 Å². The number of fused-ring (bicyclic) bond motifs is 1. The number of nitrogens with one attached hydrogen (secondary N) is 3. The van der Waals surface area contributed by atoms with Gasteiger partial charge in [-0.25, -0.2) is 9.37 Å². The van der Waals surface area contributed by atoms with Gasteiger partial charge in [0.25, 0.3) is 0 Å². The largest absolute Gasteiger partial charge is 0.352 e. The first kappa shape index (κ1) is 40.3. The molecule has 4 aromatic rings. The molecule has 3 aromatic carbocycles. The van der Waals surface area contributed by atoms with Crippen molar-refractivity contribution in [2.45, 2.75) is 72.3 Å². The zero-order chi connectivity index (χ0) is 35.4. The van der Waals surface area contributed by atoms with Crippen molar-refractivity contribution in [3.63, 3.8) is 0 Å². The van der Waals surface area contributed by atoms with E-state index in [4.69, 9.17) is 9.59 Å². The van der Waals surface area contributed by atoms with Crippen molar-refractivity contribution in [3.05, 3.63) is 83.1 Å². The Morgan fingerprint density at radius 3 is 2.13 bits per heavy atom. The Morgan fingerprint density at radius 2 is 1.53 bits per heavy atom. The molecule has 1 aliphatic rings. The molecule has 1 atom stereocenters. The lowest BCUT2D eigenvalue weighted by Gasteiger charge is -2.09. The summed E-state index contributed by atoms with van der Waals surface area (Å²) in [5.74, 6) is -1.59. The first-order chi connectivity index (χ1) is 22.9. The fourth-order valence-electron chi connectivity index (χ4n) is 4.17. The van der Waals surface area contributed by atoms with Crippen LogP contribution in [0.1, 0.15) is 70.4 Å². The molecular formula is C36H45FN4O5S. The highest BCUT2D eigenvalue weighted by Crippen LogP contribution is 2.33. The summed E-state index contributed by atoms with van der Waals surface area (Å²) in [5, 5.41) is 8.92. The van der Waals surface area contributed by atoms with Crippen LogP contribution < -0.4 is 16.0 Å². The summed E-state index contributed by atoms with van der Waals surface area (Å²) in [5.41, 5.74) is 3.30. The molecule has 1 unspecified atom stereocenters. The topological polar surface area (TPSA) is 134 Å². The van der Waals surface area contributed by atoms with Gasteiger partial charge in [-0.3, -0.25) is 14.4 Å². The number of nitrogens with zero attached hydrogens (tertiary/aromatic N) is 1. The van der Waals surface area contributed by atoms with Crippen molar-refractivity contribution in [3.8, 4) is 11.1 Å². The van der Waals surface area contributed by atoms with E-state index in [9.17, 15) is 14.4 Å². The summed E-state index contributed by atoms with van der Waals surface area (Å²) in [6.07, 6.45) is 2.99. The van der Waals surface area contributed by atoms with Crippen LogP contribution in [-0.2, 0) is 30.4 Å². The molecular weight excluding hydrogens is 619 g/mol. The zero-order valence-corrected chi connectivity index (χ0v) is 28.5. The molecule has 1 saturated carbocycles. The highest BCUT2D eigenvalue weighted by atomic mass is 32.1. The lowest BCUT2D eigenvalue weighted by Crippen LogP contribution is -2.39. The quantitative estimate of drug-likeness (QED) is 0.170. The first-order valence-electron chi connectivity index (χ1n) is 15.5. The van der Waals surface area contributed by atoms with Gasteiger partial charge in [-0.05, 0) is 55.5 Å². The van der Waals surface area contributed by atoms with Gasteiger partial charge in [-0.1, -0.05) is 70.2 Å². The normalized spacial score (nSPS) is 11.7. The Kier molecular flexibility index (Phi) is 18.7. The molecule has 47 heavy (non-hydrogen) atoms. The number of hydrogen-bond acceptors (Lipinski definition) is 7. The van der Waals surface area contributed by atoms with Gasteiger partial charge in [0.1, 0.15) is 24.4 Å². The van der Waals surface area contributed by atoms with E-state index in [0.717, 1.165) is 23.1 Å². The third-order valence-electron chi connectivity index (χ3n) is 6.59. The maximum Gasteiger partial charge on any atom is 0.239 e. The summed E-state index contributed by atoms with van der Waals surface area (Å²) in [6, 6.07) is 20.2. The predicted octanol–water partition coefficient (Wildman–Crippen LogP) is 6.85. The monoisotopic (exact) mass is 664 g/mol. The number of benzene rings is 3. The van der Waals surface area contributed by atoms with Crippen LogP contribution in [0.3, 0.4) is 0 Å². The number of halogens is 1. The molecule has 1 aromatic heterocycles. The lowest BCUT2D eigenvalue weighted by molar-refractivity contribution is -0.126. The van der Waals surface area contributed by atoms with Crippen LogP contribution in [-0.4, -0.2) is 48.9 Å². The number of amides is 3. The number of carbonyl (C=O) groups is 5. The summed E-state index contributed by atoms with van der Waals surface area (Å²) < 4.78 is 15.8. The Bertz CT molecular complexity index is 1540. The van der Waals surface area contributed by atoms with Crippen LogP contribution >= 0.6 is 11.3 Å². The second kappa shape index (κ2) is 21.9. The van der Waals surface area contributed by atoms with E-state index in [1.54, 1.807) is 37.3 Å².